The van der Waals surface area contributed by atoms with Crippen LogP contribution in [0, 0.1) is 0 Å². The number of hydrogen-bond acceptors (Lipinski definition) is 3. The van der Waals surface area contributed by atoms with Gasteiger partial charge in [0.05, 0.1) is 12.6 Å². The van der Waals surface area contributed by atoms with Crippen molar-refractivity contribution in [3.05, 3.63) is 27.1 Å². The lowest BCUT2D eigenvalue weighted by Crippen LogP contribution is -2.39. The number of aromatic nitrogens is 1. The van der Waals surface area contributed by atoms with Crippen LogP contribution >= 0.6 is 15.9 Å². The van der Waals surface area contributed by atoms with E-state index in [1.54, 1.807) is 20.2 Å². The first kappa shape index (κ1) is 13.7. The summed E-state index contributed by atoms with van der Waals surface area (Å²) in [6.07, 6.45) is 1.60. The summed E-state index contributed by atoms with van der Waals surface area (Å²) in [6.45, 7) is 1.49. The van der Waals surface area contributed by atoms with Crippen molar-refractivity contribution >= 4 is 27.6 Å². The van der Waals surface area contributed by atoms with Gasteiger partial charge < -0.3 is 20.3 Å². The molecule has 0 aliphatic heterocycles. The third-order valence-corrected chi connectivity index (χ3v) is 2.48. The van der Waals surface area contributed by atoms with Crippen LogP contribution in [0.1, 0.15) is 6.92 Å². The molecule has 0 spiro atoms. The molecule has 0 aromatic carbocycles. The van der Waals surface area contributed by atoms with Crippen molar-refractivity contribution in [3.8, 4) is 0 Å². The van der Waals surface area contributed by atoms with Crippen molar-refractivity contribution in [2.24, 2.45) is 7.05 Å². The maximum Gasteiger partial charge on any atom is 0.319 e. The summed E-state index contributed by atoms with van der Waals surface area (Å²) < 4.78 is 2.04. The predicted molar refractivity (Wildman–Crippen MR) is 68.1 cm³/mol. The van der Waals surface area contributed by atoms with Crippen LogP contribution < -0.4 is 16.2 Å². The molecule has 2 amide bonds. The molecule has 94 valence electrons. The summed E-state index contributed by atoms with van der Waals surface area (Å²) >= 11 is 3.23. The summed E-state index contributed by atoms with van der Waals surface area (Å²) in [4.78, 5) is 23.1. The van der Waals surface area contributed by atoms with Crippen LogP contribution in [0.15, 0.2) is 21.5 Å². The topological polar surface area (TPSA) is 83.4 Å². The molecule has 0 saturated heterocycles. The number of aliphatic hydroxyl groups excluding tert-OH is 1. The third kappa shape index (κ3) is 3.86. The summed E-state index contributed by atoms with van der Waals surface area (Å²) in [5.41, 5.74) is -0.135. The van der Waals surface area contributed by atoms with Crippen LogP contribution in [0.2, 0.25) is 0 Å². The fourth-order valence-corrected chi connectivity index (χ4v) is 1.72. The lowest BCUT2D eigenvalue weighted by Gasteiger charge is -2.12. The van der Waals surface area contributed by atoms with E-state index >= 15 is 0 Å². The molecule has 0 bridgehead atoms. The van der Waals surface area contributed by atoms with Crippen LogP contribution in [0.3, 0.4) is 0 Å². The Morgan fingerprint density at radius 1 is 1.65 bits per heavy atom. The zero-order valence-electron chi connectivity index (χ0n) is 9.53. The molecular formula is C10H14BrN3O3. The molecule has 0 fully saturated rings. The fourth-order valence-electron chi connectivity index (χ4n) is 1.19. The van der Waals surface area contributed by atoms with E-state index in [0.717, 1.165) is 0 Å². The minimum Gasteiger partial charge on any atom is -0.394 e. The second-order valence-corrected chi connectivity index (χ2v) is 4.59. The Bertz CT molecular complexity index is 472. The van der Waals surface area contributed by atoms with Gasteiger partial charge in [0, 0.05) is 17.7 Å². The average molecular weight is 304 g/mol. The molecule has 1 unspecified atom stereocenters. The number of pyridine rings is 1. The molecule has 1 heterocycles. The minimum atomic E-state index is -0.526. The lowest BCUT2D eigenvalue weighted by atomic mass is 10.3. The normalized spacial score (nSPS) is 12.0. The van der Waals surface area contributed by atoms with E-state index < -0.39 is 6.03 Å². The van der Waals surface area contributed by atoms with Gasteiger partial charge >= 0.3 is 6.03 Å². The molecule has 0 saturated carbocycles. The van der Waals surface area contributed by atoms with Crippen LogP contribution in [-0.2, 0) is 7.05 Å². The van der Waals surface area contributed by atoms with E-state index in [2.05, 4.69) is 26.6 Å². The molecule has 3 N–H and O–H groups in total. The number of hydrogen-bond donors (Lipinski definition) is 3. The second kappa shape index (κ2) is 5.83. The van der Waals surface area contributed by atoms with E-state index in [4.69, 9.17) is 5.11 Å². The monoisotopic (exact) mass is 303 g/mol. The number of anilines is 1. The first-order valence-electron chi connectivity index (χ1n) is 4.98. The Labute approximate surface area is 107 Å². The average Bonchev–Trinajstić information content (AvgIpc) is 2.24. The predicted octanol–water partition coefficient (Wildman–Crippen LogP) is 0.650. The van der Waals surface area contributed by atoms with E-state index in [9.17, 15) is 9.59 Å². The first-order valence-corrected chi connectivity index (χ1v) is 5.78. The molecule has 0 aliphatic rings. The highest BCUT2D eigenvalue weighted by Crippen LogP contribution is 2.11. The van der Waals surface area contributed by atoms with Crippen LogP contribution in [-0.4, -0.2) is 28.4 Å². The standard InChI is InChI=1S/C10H14BrN3O3/c1-6(5-15)12-10(17)13-8-3-7(11)4-14(2)9(8)16/h3-4,6,15H,5H2,1-2H3,(H2,12,13,17). The Kier molecular flexibility index (Phi) is 4.71. The summed E-state index contributed by atoms with van der Waals surface area (Å²) in [7, 11) is 1.59. The number of rotatable bonds is 3. The molecule has 6 nitrogen and oxygen atoms in total. The number of aliphatic hydroxyl groups is 1. The molecule has 7 heteroatoms. The summed E-state index contributed by atoms with van der Waals surface area (Å²) in [5, 5.41) is 13.7. The zero-order valence-corrected chi connectivity index (χ0v) is 11.1. The van der Waals surface area contributed by atoms with E-state index in [1.165, 1.54) is 10.6 Å². The van der Waals surface area contributed by atoms with Crippen molar-refractivity contribution < 1.29 is 9.90 Å². The number of halogens is 1. The van der Waals surface area contributed by atoms with Crippen molar-refractivity contribution in [3.63, 3.8) is 0 Å². The second-order valence-electron chi connectivity index (χ2n) is 3.67. The molecule has 1 atom stereocenters. The molecule has 0 aliphatic carbocycles. The number of nitrogens with zero attached hydrogens (tertiary/aromatic N) is 1. The van der Waals surface area contributed by atoms with Gasteiger partial charge in [0.1, 0.15) is 5.69 Å². The van der Waals surface area contributed by atoms with Gasteiger partial charge in [-0.1, -0.05) is 0 Å². The quantitative estimate of drug-likeness (QED) is 0.767. The molecule has 1 aromatic heterocycles. The van der Waals surface area contributed by atoms with Crippen LogP contribution in [0.4, 0.5) is 10.5 Å². The summed E-state index contributed by atoms with van der Waals surface area (Å²) in [5.74, 6) is 0. The van der Waals surface area contributed by atoms with Gasteiger partial charge in [-0.3, -0.25) is 4.79 Å². The minimum absolute atomic E-state index is 0.163. The van der Waals surface area contributed by atoms with Gasteiger partial charge in [-0.2, -0.15) is 0 Å². The highest BCUT2D eigenvalue weighted by Gasteiger charge is 2.09. The molecule has 17 heavy (non-hydrogen) atoms. The smallest absolute Gasteiger partial charge is 0.319 e. The number of carbonyl (C=O) groups is 1. The highest BCUT2D eigenvalue weighted by molar-refractivity contribution is 9.10. The first-order chi connectivity index (χ1) is 7.93. The van der Waals surface area contributed by atoms with Gasteiger partial charge in [0.25, 0.3) is 5.56 Å². The zero-order chi connectivity index (χ0) is 13.0. The third-order valence-electron chi connectivity index (χ3n) is 2.05. The molecule has 1 aromatic rings. The van der Waals surface area contributed by atoms with Crippen molar-refractivity contribution in [2.45, 2.75) is 13.0 Å². The van der Waals surface area contributed by atoms with Gasteiger partial charge in [-0.25, -0.2) is 4.79 Å². The summed E-state index contributed by atoms with van der Waals surface area (Å²) in [6, 6.07) is 0.624. The number of amides is 2. The van der Waals surface area contributed by atoms with Crippen LogP contribution in [0.25, 0.3) is 0 Å². The number of aryl methyl sites for hydroxylation is 1. The number of carbonyl (C=O) groups excluding carboxylic acids is 1. The number of urea groups is 1. The highest BCUT2D eigenvalue weighted by atomic mass is 79.9. The maximum atomic E-state index is 11.7. The van der Waals surface area contributed by atoms with E-state index in [1.807, 2.05) is 0 Å². The fraction of sp³-hybridized carbons (Fsp3) is 0.400. The SMILES string of the molecule is CC(CO)NC(=O)Nc1cc(Br)cn(C)c1=O. The Balaban J connectivity index is 2.82. The van der Waals surface area contributed by atoms with Crippen LogP contribution in [0.5, 0.6) is 0 Å². The Morgan fingerprint density at radius 2 is 2.29 bits per heavy atom. The molecule has 1 rings (SSSR count). The largest absolute Gasteiger partial charge is 0.394 e. The van der Waals surface area contributed by atoms with Gasteiger partial charge in [-0.15, -0.1) is 0 Å². The van der Waals surface area contributed by atoms with E-state index in [0.29, 0.717) is 4.47 Å². The molecular weight excluding hydrogens is 290 g/mol. The Morgan fingerprint density at radius 3 is 2.88 bits per heavy atom. The maximum absolute atomic E-state index is 11.7. The van der Waals surface area contributed by atoms with E-state index in [-0.39, 0.29) is 23.9 Å². The van der Waals surface area contributed by atoms with Crippen molar-refractivity contribution in [2.75, 3.05) is 11.9 Å². The van der Waals surface area contributed by atoms with Crippen molar-refractivity contribution in [1.29, 1.82) is 0 Å². The Hall–Kier alpha value is -1.34. The van der Waals surface area contributed by atoms with Gasteiger partial charge in [0.2, 0.25) is 0 Å². The van der Waals surface area contributed by atoms with Gasteiger partial charge in [-0.05, 0) is 28.9 Å². The van der Waals surface area contributed by atoms with Gasteiger partial charge in [0.15, 0.2) is 0 Å². The number of nitrogens with one attached hydrogen (secondary N) is 2. The molecule has 0 radical (unpaired) electrons. The van der Waals surface area contributed by atoms with Crippen molar-refractivity contribution in [1.82, 2.24) is 9.88 Å². The lowest BCUT2D eigenvalue weighted by molar-refractivity contribution is 0.229.